The van der Waals surface area contributed by atoms with Gasteiger partial charge in [0.05, 0.1) is 5.69 Å². The minimum atomic E-state index is 0.625. The molecule has 0 atom stereocenters. The fraction of sp³-hybridized carbons (Fsp3) is 0.250. The summed E-state index contributed by atoms with van der Waals surface area (Å²) in [5.41, 5.74) is 0.898. The van der Waals surface area contributed by atoms with E-state index in [0.717, 1.165) is 5.69 Å². The first kappa shape index (κ1) is 10.1. The fourth-order valence-corrected chi connectivity index (χ4v) is 1.74. The largest absolute Gasteiger partial charge is 0.271 e. The fourth-order valence-electron chi connectivity index (χ4n) is 0.778. The zero-order valence-corrected chi connectivity index (χ0v) is 9.00. The first-order valence-corrected chi connectivity index (χ1v) is 5.69. The molecule has 0 fully saturated rings. The summed E-state index contributed by atoms with van der Waals surface area (Å²) in [5.74, 6) is 0. The van der Waals surface area contributed by atoms with Crippen molar-refractivity contribution in [3.05, 3.63) is 16.3 Å². The molecule has 0 aliphatic heterocycles. The van der Waals surface area contributed by atoms with Crippen molar-refractivity contribution in [3.63, 3.8) is 0 Å². The SMILES string of the molecule is CS/C(=N\c1csc(C)c1)NC#N. The van der Waals surface area contributed by atoms with E-state index in [9.17, 15) is 0 Å². The third-order valence-electron chi connectivity index (χ3n) is 1.30. The lowest BCUT2D eigenvalue weighted by molar-refractivity contribution is 1.28. The van der Waals surface area contributed by atoms with E-state index in [4.69, 9.17) is 5.26 Å². The first-order valence-electron chi connectivity index (χ1n) is 3.59. The molecule has 1 aromatic heterocycles. The average molecular weight is 211 g/mol. The Hall–Kier alpha value is -0.990. The van der Waals surface area contributed by atoms with E-state index >= 15 is 0 Å². The summed E-state index contributed by atoms with van der Waals surface area (Å²) in [7, 11) is 0. The van der Waals surface area contributed by atoms with Gasteiger partial charge in [0.15, 0.2) is 11.4 Å². The van der Waals surface area contributed by atoms with Gasteiger partial charge in [-0.3, -0.25) is 5.32 Å². The van der Waals surface area contributed by atoms with E-state index in [1.54, 1.807) is 11.3 Å². The molecule has 0 bridgehead atoms. The van der Waals surface area contributed by atoms with Gasteiger partial charge in [0.1, 0.15) is 0 Å². The Kier molecular flexibility index (Phi) is 3.80. The highest BCUT2D eigenvalue weighted by molar-refractivity contribution is 8.13. The molecule has 0 spiro atoms. The lowest BCUT2D eigenvalue weighted by Gasteiger charge is -1.96. The minimum absolute atomic E-state index is 0.625. The molecule has 0 unspecified atom stereocenters. The third-order valence-corrected chi connectivity index (χ3v) is 2.73. The van der Waals surface area contributed by atoms with Crippen LogP contribution in [0.25, 0.3) is 0 Å². The Morgan fingerprint density at radius 1 is 1.77 bits per heavy atom. The van der Waals surface area contributed by atoms with E-state index in [2.05, 4.69) is 10.3 Å². The number of nitriles is 1. The maximum atomic E-state index is 8.40. The Bertz CT molecular complexity index is 349. The van der Waals surface area contributed by atoms with E-state index in [1.807, 2.05) is 30.8 Å². The van der Waals surface area contributed by atoms with Gasteiger partial charge in [0.2, 0.25) is 0 Å². The van der Waals surface area contributed by atoms with Crippen LogP contribution in [0.2, 0.25) is 0 Å². The number of nitrogens with one attached hydrogen (secondary N) is 1. The molecule has 1 heterocycles. The van der Waals surface area contributed by atoms with Crippen LogP contribution in [-0.4, -0.2) is 11.4 Å². The van der Waals surface area contributed by atoms with E-state index in [0.29, 0.717) is 5.17 Å². The van der Waals surface area contributed by atoms with Gasteiger partial charge in [0.25, 0.3) is 0 Å². The van der Waals surface area contributed by atoms with Crippen LogP contribution in [-0.2, 0) is 0 Å². The minimum Gasteiger partial charge on any atom is -0.271 e. The molecule has 13 heavy (non-hydrogen) atoms. The predicted octanol–water partition coefficient (Wildman–Crippen LogP) is 2.48. The van der Waals surface area contributed by atoms with Gasteiger partial charge < -0.3 is 0 Å². The van der Waals surface area contributed by atoms with Crippen molar-refractivity contribution in [2.75, 3.05) is 6.26 Å². The molecule has 0 saturated carbocycles. The second kappa shape index (κ2) is 4.90. The van der Waals surface area contributed by atoms with Crippen molar-refractivity contribution >= 4 is 34.0 Å². The number of aliphatic imine (C=N–C) groups is 1. The molecule has 0 saturated heterocycles. The van der Waals surface area contributed by atoms with Gasteiger partial charge >= 0.3 is 0 Å². The molecule has 0 radical (unpaired) electrons. The van der Waals surface area contributed by atoms with Gasteiger partial charge in [-0.25, -0.2) is 4.99 Å². The highest BCUT2D eigenvalue weighted by atomic mass is 32.2. The Morgan fingerprint density at radius 3 is 3.00 bits per heavy atom. The topological polar surface area (TPSA) is 48.2 Å². The molecular weight excluding hydrogens is 202 g/mol. The second-order valence-corrected chi connectivity index (χ2v) is 4.18. The predicted molar refractivity (Wildman–Crippen MR) is 58.4 cm³/mol. The summed E-state index contributed by atoms with van der Waals surface area (Å²) in [6.07, 6.45) is 3.72. The Labute approximate surface area is 85.5 Å². The van der Waals surface area contributed by atoms with Crippen LogP contribution in [0.1, 0.15) is 4.88 Å². The summed E-state index contributed by atoms with van der Waals surface area (Å²) in [6, 6.07) is 1.99. The van der Waals surface area contributed by atoms with Crippen molar-refractivity contribution < 1.29 is 0 Å². The molecular formula is C8H9N3S2. The Morgan fingerprint density at radius 2 is 2.54 bits per heavy atom. The van der Waals surface area contributed by atoms with Crippen LogP contribution in [0.15, 0.2) is 16.4 Å². The van der Waals surface area contributed by atoms with Crippen LogP contribution in [0.5, 0.6) is 0 Å². The maximum absolute atomic E-state index is 8.40. The van der Waals surface area contributed by atoms with Crippen molar-refractivity contribution in [1.82, 2.24) is 5.32 Å². The van der Waals surface area contributed by atoms with Crippen LogP contribution in [0.4, 0.5) is 5.69 Å². The molecule has 3 nitrogen and oxygen atoms in total. The highest BCUT2D eigenvalue weighted by Gasteiger charge is 1.97. The van der Waals surface area contributed by atoms with Gasteiger partial charge in [0, 0.05) is 10.3 Å². The van der Waals surface area contributed by atoms with Crippen molar-refractivity contribution in [2.24, 2.45) is 4.99 Å². The molecule has 1 rings (SSSR count). The standard InChI is InChI=1S/C8H9N3S2/c1-6-3-7(4-13-6)11-8(12-2)10-5-9/h3-4H,1-2H3,(H,10,11). The summed E-state index contributed by atoms with van der Waals surface area (Å²) < 4.78 is 0. The summed E-state index contributed by atoms with van der Waals surface area (Å²) in [6.45, 7) is 2.03. The summed E-state index contributed by atoms with van der Waals surface area (Å²) in [5, 5.41) is 13.5. The number of rotatable bonds is 1. The maximum Gasteiger partial charge on any atom is 0.183 e. The molecule has 1 aromatic rings. The van der Waals surface area contributed by atoms with E-state index in [-0.39, 0.29) is 0 Å². The van der Waals surface area contributed by atoms with E-state index < -0.39 is 0 Å². The molecule has 5 heteroatoms. The molecule has 0 aromatic carbocycles. The number of thiophene rings is 1. The molecule has 1 N–H and O–H groups in total. The van der Waals surface area contributed by atoms with Crippen LogP contribution >= 0.6 is 23.1 Å². The van der Waals surface area contributed by atoms with Crippen LogP contribution in [0, 0.1) is 18.4 Å². The zero-order valence-electron chi connectivity index (χ0n) is 7.37. The van der Waals surface area contributed by atoms with Gasteiger partial charge in [-0.1, -0.05) is 11.8 Å². The first-order chi connectivity index (χ1) is 6.26. The number of hydrogen-bond donors (Lipinski definition) is 1. The molecule has 68 valence electrons. The number of nitrogens with zero attached hydrogens (tertiary/aromatic N) is 2. The van der Waals surface area contributed by atoms with Crippen molar-refractivity contribution in [2.45, 2.75) is 6.92 Å². The van der Waals surface area contributed by atoms with Crippen molar-refractivity contribution in [3.8, 4) is 6.19 Å². The average Bonchev–Trinajstić information content (AvgIpc) is 2.50. The van der Waals surface area contributed by atoms with Crippen molar-refractivity contribution in [1.29, 1.82) is 5.26 Å². The molecule has 0 amide bonds. The third kappa shape index (κ3) is 3.09. The van der Waals surface area contributed by atoms with Crippen LogP contribution in [0.3, 0.4) is 0 Å². The normalized spacial score (nSPS) is 11.0. The Balaban J connectivity index is 2.79. The molecule has 0 aliphatic carbocycles. The lowest BCUT2D eigenvalue weighted by Crippen LogP contribution is -2.12. The number of amidine groups is 1. The number of thioether (sulfide) groups is 1. The summed E-state index contributed by atoms with van der Waals surface area (Å²) in [4.78, 5) is 5.46. The number of hydrogen-bond acceptors (Lipinski definition) is 4. The van der Waals surface area contributed by atoms with Crippen LogP contribution < -0.4 is 5.32 Å². The number of aryl methyl sites for hydroxylation is 1. The smallest absolute Gasteiger partial charge is 0.183 e. The zero-order chi connectivity index (χ0) is 9.68. The van der Waals surface area contributed by atoms with Gasteiger partial charge in [-0.05, 0) is 19.2 Å². The quantitative estimate of drug-likeness (QED) is 0.336. The lowest BCUT2D eigenvalue weighted by atomic mass is 10.5. The second-order valence-electron chi connectivity index (χ2n) is 2.27. The van der Waals surface area contributed by atoms with Gasteiger partial charge in [-0.15, -0.1) is 11.3 Å². The summed E-state index contributed by atoms with van der Waals surface area (Å²) >= 11 is 3.07. The highest BCUT2D eigenvalue weighted by Crippen LogP contribution is 2.21. The monoisotopic (exact) mass is 211 g/mol. The van der Waals surface area contributed by atoms with E-state index in [1.165, 1.54) is 16.6 Å². The van der Waals surface area contributed by atoms with Gasteiger partial charge in [-0.2, -0.15) is 5.26 Å². The molecule has 0 aliphatic rings.